The number of nitrogens with one attached hydrogen (secondary N) is 1. The maximum Gasteiger partial charge on any atom is 0.410 e. The standard InChI is InChI=1S/C9H11F3N2O/c10-9(11,12)7-6-13-3-4-14(7)8-2-1-5-15-8/h1-2,5,7,13H,3-4,6H2. The molecular formula is C9H11F3N2O. The summed E-state index contributed by atoms with van der Waals surface area (Å²) in [5.41, 5.74) is 0. The molecule has 0 saturated carbocycles. The van der Waals surface area contributed by atoms with Gasteiger partial charge in [-0.3, -0.25) is 0 Å². The molecule has 1 aliphatic heterocycles. The molecule has 0 amide bonds. The lowest BCUT2D eigenvalue weighted by Crippen LogP contribution is -2.57. The molecule has 0 aliphatic carbocycles. The zero-order valence-electron chi connectivity index (χ0n) is 7.92. The Morgan fingerprint density at radius 1 is 1.47 bits per heavy atom. The van der Waals surface area contributed by atoms with Gasteiger partial charge in [0.1, 0.15) is 6.04 Å². The van der Waals surface area contributed by atoms with Crippen molar-refractivity contribution in [2.75, 3.05) is 24.5 Å². The number of furan rings is 1. The summed E-state index contributed by atoms with van der Waals surface area (Å²) in [6.07, 6.45) is -2.86. The van der Waals surface area contributed by atoms with Gasteiger partial charge in [-0.25, -0.2) is 0 Å². The van der Waals surface area contributed by atoms with E-state index in [-0.39, 0.29) is 12.4 Å². The SMILES string of the molecule is FC(F)(F)C1CNCCN1c1ccco1. The van der Waals surface area contributed by atoms with Crippen molar-refractivity contribution in [3.8, 4) is 0 Å². The zero-order chi connectivity index (χ0) is 10.9. The molecule has 2 heterocycles. The van der Waals surface area contributed by atoms with Crippen LogP contribution in [-0.2, 0) is 0 Å². The first-order chi connectivity index (χ1) is 7.09. The molecule has 0 spiro atoms. The van der Waals surface area contributed by atoms with Gasteiger partial charge in [0, 0.05) is 25.7 Å². The Morgan fingerprint density at radius 3 is 2.87 bits per heavy atom. The highest BCUT2D eigenvalue weighted by molar-refractivity contribution is 5.37. The lowest BCUT2D eigenvalue weighted by Gasteiger charge is -2.36. The molecule has 6 heteroatoms. The molecule has 1 aromatic heterocycles. The molecule has 0 bridgehead atoms. The fraction of sp³-hybridized carbons (Fsp3) is 0.556. The van der Waals surface area contributed by atoms with E-state index in [4.69, 9.17) is 4.42 Å². The summed E-state index contributed by atoms with van der Waals surface area (Å²) < 4.78 is 43.0. The monoisotopic (exact) mass is 220 g/mol. The number of piperazine rings is 1. The Bertz CT molecular complexity index is 310. The Hall–Kier alpha value is -1.17. The van der Waals surface area contributed by atoms with Gasteiger partial charge in [0.25, 0.3) is 0 Å². The highest BCUT2D eigenvalue weighted by Gasteiger charge is 2.45. The summed E-state index contributed by atoms with van der Waals surface area (Å²) in [5, 5.41) is 2.73. The van der Waals surface area contributed by atoms with E-state index in [1.54, 1.807) is 12.1 Å². The molecule has 2 rings (SSSR count). The van der Waals surface area contributed by atoms with Gasteiger partial charge in [0.05, 0.1) is 6.26 Å². The molecule has 1 N–H and O–H groups in total. The van der Waals surface area contributed by atoms with Gasteiger partial charge in [-0.15, -0.1) is 0 Å². The van der Waals surface area contributed by atoms with E-state index in [2.05, 4.69) is 5.32 Å². The Kier molecular flexibility index (Phi) is 2.60. The van der Waals surface area contributed by atoms with Crippen molar-refractivity contribution in [3.63, 3.8) is 0 Å². The van der Waals surface area contributed by atoms with Gasteiger partial charge < -0.3 is 14.6 Å². The van der Waals surface area contributed by atoms with Crippen molar-refractivity contribution in [2.24, 2.45) is 0 Å². The Balaban J connectivity index is 2.20. The highest BCUT2D eigenvalue weighted by atomic mass is 19.4. The van der Waals surface area contributed by atoms with Crippen LogP contribution in [0, 0.1) is 0 Å². The Morgan fingerprint density at radius 2 is 2.27 bits per heavy atom. The van der Waals surface area contributed by atoms with E-state index >= 15 is 0 Å². The van der Waals surface area contributed by atoms with Gasteiger partial charge in [0.15, 0.2) is 5.88 Å². The quantitative estimate of drug-likeness (QED) is 0.779. The summed E-state index contributed by atoms with van der Waals surface area (Å²) in [4.78, 5) is 1.25. The van der Waals surface area contributed by atoms with Crippen molar-refractivity contribution in [1.29, 1.82) is 0 Å². The molecule has 1 saturated heterocycles. The van der Waals surface area contributed by atoms with Crippen molar-refractivity contribution < 1.29 is 17.6 Å². The zero-order valence-corrected chi connectivity index (χ0v) is 7.92. The molecule has 84 valence electrons. The number of anilines is 1. The first-order valence-electron chi connectivity index (χ1n) is 4.66. The van der Waals surface area contributed by atoms with Crippen LogP contribution < -0.4 is 10.2 Å². The number of rotatable bonds is 1. The molecule has 1 atom stereocenters. The summed E-state index contributed by atoms with van der Waals surface area (Å²) in [6, 6.07) is 1.63. The predicted molar refractivity (Wildman–Crippen MR) is 48.8 cm³/mol. The van der Waals surface area contributed by atoms with E-state index in [1.165, 1.54) is 11.2 Å². The number of halogens is 3. The largest absolute Gasteiger partial charge is 0.449 e. The van der Waals surface area contributed by atoms with Gasteiger partial charge >= 0.3 is 6.18 Å². The van der Waals surface area contributed by atoms with Crippen LogP contribution in [0.4, 0.5) is 19.1 Å². The van der Waals surface area contributed by atoms with Crippen LogP contribution in [0.15, 0.2) is 22.8 Å². The topological polar surface area (TPSA) is 28.4 Å². The molecule has 1 aromatic rings. The average molecular weight is 220 g/mol. The second-order valence-corrected chi connectivity index (χ2v) is 3.41. The predicted octanol–water partition coefficient (Wildman–Crippen LogP) is 1.62. The molecular weight excluding hydrogens is 209 g/mol. The molecule has 15 heavy (non-hydrogen) atoms. The summed E-state index contributed by atoms with van der Waals surface area (Å²) in [7, 11) is 0. The molecule has 0 radical (unpaired) electrons. The minimum atomic E-state index is -4.24. The molecule has 1 fully saturated rings. The van der Waals surface area contributed by atoms with Crippen molar-refractivity contribution >= 4 is 5.88 Å². The third-order valence-corrected chi connectivity index (χ3v) is 2.41. The maximum atomic E-state index is 12.7. The van der Waals surface area contributed by atoms with Gasteiger partial charge in [0.2, 0.25) is 0 Å². The first kappa shape index (κ1) is 10.4. The summed E-state index contributed by atoms with van der Waals surface area (Å²) in [5.74, 6) is 0.277. The van der Waals surface area contributed by atoms with Crippen LogP contribution in [-0.4, -0.2) is 31.9 Å². The van der Waals surface area contributed by atoms with Gasteiger partial charge in [-0.05, 0) is 6.07 Å². The fourth-order valence-corrected chi connectivity index (χ4v) is 1.69. The molecule has 0 aromatic carbocycles. The van der Waals surface area contributed by atoms with E-state index in [9.17, 15) is 13.2 Å². The third-order valence-electron chi connectivity index (χ3n) is 2.41. The van der Waals surface area contributed by atoms with Crippen LogP contribution in [0.25, 0.3) is 0 Å². The van der Waals surface area contributed by atoms with Crippen LogP contribution in [0.3, 0.4) is 0 Å². The second-order valence-electron chi connectivity index (χ2n) is 3.41. The maximum absolute atomic E-state index is 12.7. The fourth-order valence-electron chi connectivity index (χ4n) is 1.69. The molecule has 1 unspecified atom stereocenters. The Labute approximate surface area is 84.9 Å². The van der Waals surface area contributed by atoms with Gasteiger partial charge in [-0.1, -0.05) is 0 Å². The van der Waals surface area contributed by atoms with Crippen LogP contribution in [0.2, 0.25) is 0 Å². The third kappa shape index (κ3) is 2.09. The number of hydrogen-bond acceptors (Lipinski definition) is 3. The van der Waals surface area contributed by atoms with Crippen molar-refractivity contribution in [3.05, 3.63) is 18.4 Å². The van der Waals surface area contributed by atoms with E-state index in [0.717, 1.165) is 0 Å². The van der Waals surface area contributed by atoms with Crippen molar-refractivity contribution in [1.82, 2.24) is 5.32 Å². The van der Waals surface area contributed by atoms with E-state index < -0.39 is 12.2 Å². The summed E-state index contributed by atoms with van der Waals surface area (Å²) >= 11 is 0. The summed E-state index contributed by atoms with van der Waals surface area (Å²) in [6.45, 7) is 0.745. The minimum absolute atomic E-state index is 0.0931. The van der Waals surface area contributed by atoms with E-state index in [0.29, 0.717) is 13.1 Å². The lowest BCUT2D eigenvalue weighted by molar-refractivity contribution is -0.150. The number of hydrogen-bond donors (Lipinski definition) is 1. The van der Waals surface area contributed by atoms with Gasteiger partial charge in [-0.2, -0.15) is 13.2 Å². The number of alkyl halides is 3. The molecule has 1 aliphatic rings. The first-order valence-corrected chi connectivity index (χ1v) is 4.66. The van der Waals surface area contributed by atoms with Crippen LogP contribution in [0.1, 0.15) is 0 Å². The highest BCUT2D eigenvalue weighted by Crippen LogP contribution is 2.29. The van der Waals surface area contributed by atoms with Crippen LogP contribution >= 0.6 is 0 Å². The van der Waals surface area contributed by atoms with E-state index in [1.807, 2.05) is 0 Å². The minimum Gasteiger partial charge on any atom is -0.449 e. The van der Waals surface area contributed by atoms with Crippen LogP contribution in [0.5, 0.6) is 0 Å². The smallest absolute Gasteiger partial charge is 0.410 e. The average Bonchev–Trinajstić information content (AvgIpc) is 2.69. The van der Waals surface area contributed by atoms with Crippen molar-refractivity contribution in [2.45, 2.75) is 12.2 Å². The number of nitrogens with zero attached hydrogens (tertiary/aromatic N) is 1. The normalized spacial score (nSPS) is 23.1. The molecule has 3 nitrogen and oxygen atoms in total. The lowest BCUT2D eigenvalue weighted by atomic mass is 10.2. The second kappa shape index (κ2) is 3.77.